The van der Waals surface area contributed by atoms with Crippen LogP contribution in [0.1, 0.15) is 22.3 Å². The molecule has 0 saturated carbocycles. The standard InChI is InChI=1S/C32H25N/c1-33(26-17-9-4-10-18-26)27-21-22-29-28-19-11-12-20-30(28)32(31(29)23-27,24-13-5-2-6-14-24)25-15-7-3-8-16-25/h2-23H,1H3. The summed E-state index contributed by atoms with van der Waals surface area (Å²) < 4.78 is 0. The SMILES string of the molecule is CN(c1ccccc1)c1ccc2c(c1)C(c1ccccc1)(c1ccccc1)c1ccccc1-2. The molecule has 1 nitrogen and oxygen atoms in total. The number of para-hydroxylation sites is 1. The largest absolute Gasteiger partial charge is 0.345 e. The minimum Gasteiger partial charge on any atom is -0.345 e. The first-order valence-electron chi connectivity index (χ1n) is 11.4. The van der Waals surface area contributed by atoms with Crippen LogP contribution in [-0.2, 0) is 5.41 Å². The quantitative estimate of drug-likeness (QED) is 0.279. The predicted molar refractivity (Wildman–Crippen MR) is 138 cm³/mol. The van der Waals surface area contributed by atoms with E-state index in [2.05, 4.69) is 145 Å². The average molecular weight is 424 g/mol. The van der Waals surface area contributed by atoms with Gasteiger partial charge in [0, 0.05) is 18.4 Å². The first-order valence-corrected chi connectivity index (χ1v) is 11.4. The van der Waals surface area contributed by atoms with Crippen LogP contribution < -0.4 is 4.90 Å². The van der Waals surface area contributed by atoms with Crippen molar-refractivity contribution in [1.82, 2.24) is 0 Å². The van der Waals surface area contributed by atoms with Gasteiger partial charge in [0.15, 0.2) is 0 Å². The fourth-order valence-corrected chi connectivity index (χ4v) is 5.44. The van der Waals surface area contributed by atoms with Crippen LogP contribution in [0.2, 0.25) is 0 Å². The molecule has 0 radical (unpaired) electrons. The summed E-state index contributed by atoms with van der Waals surface area (Å²) in [5, 5.41) is 0. The third-order valence-electron chi connectivity index (χ3n) is 6.97. The molecule has 1 aliphatic rings. The van der Waals surface area contributed by atoms with Crippen molar-refractivity contribution in [2.75, 3.05) is 11.9 Å². The highest BCUT2D eigenvalue weighted by Crippen LogP contribution is 2.56. The first-order chi connectivity index (χ1) is 16.3. The monoisotopic (exact) mass is 423 g/mol. The van der Waals surface area contributed by atoms with E-state index in [4.69, 9.17) is 0 Å². The first kappa shape index (κ1) is 19.6. The highest BCUT2D eigenvalue weighted by molar-refractivity contribution is 5.88. The van der Waals surface area contributed by atoms with E-state index in [9.17, 15) is 0 Å². The zero-order chi connectivity index (χ0) is 22.3. The van der Waals surface area contributed by atoms with Crippen molar-refractivity contribution < 1.29 is 0 Å². The van der Waals surface area contributed by atoms with Gasteiger partial charge in [-0.2, -0.15) is 0 Å². The van der Waals surface area contributed by atoms with Gasteiger partial charge in [0.05, 0.1) is 5.41 Å². The lowest BCUT2D eigenvalue weighted by molar-refractivity contribution is 0.768. The molecule has 158 valence electrons. The summed E-state index contributed by atoms with van der Waals surface area (Å²) in [4.78, 5) is 2.27. The Morgan fingerprint density at radius 2 is 0.970 bits per heavy atom. The second-order valence-corrected chi connectivity index (χ2v) is 8.65. The number of benzene rings is 5. The van der Waals surface area contributed by atoms with Crippen molar-refractivity contribution >= 4 is 11.4 Å². The van der Waals surface area contributed by atoms with Crippen molar-refractivity contribution in [1.29, 1.82) is 0 Å². The Kier molecular flexibility index (Phi) is 4.62. The number of anilines is 2. The molecule has 0 atom stereocenters. The molecule has 0 fully saturated rings. The van der Waals surface area contributed by atoms with Crippen molar-refractivity contribution in [2.45, 2.75) is 5.41 Å². The molecule has 0 unspecified atom stereocenters. The highest BCUT2D eigenvalue weighted by atomic mass is 15.1. The predicted octanol–water partition coefficient (Wildman–Crippen LogP) is 7.82. The maximum atomic E-state index is 2.39. The normalized spacial score (nSPS) is 13.2. The highest BCUT2D eigenvalue weighted by Gasteiger charge is 2.46. The van der Waals surface area contributed by atoms with E-state index in [1.165, 1.54) is 44.8 Å². The van der Waals surface area contributed by atoms with Gasteiger partial charge < -0.3 is 4.90 Å². The maximum absolute atomic E-state index is 2.39. The fourth-order valence-electron chi connectivity index (χ4n) is 5.44. The van der Waals surface area contributed by atoms with Crippen LogP contribution in [0.15, 0.2) is 133 Å². The van der Waals surface area contributed by atoms with Crippen molar-refractivity contribution in [3.63, 3.8) is 0 Å². The van der Waals surface area contributed by atoms with Crippen LogP contribution in [0.5, 0.6) is 0 Å². The van der Waals surface area contributed by atoms with Gasteiger partial charge in [-0.3, -0.25) is 0 Å². The molecule has 5 aromatic rings. The van der Waals surface area contributed by atoms with Crippen LogP contribution in [0.3, 0.4) is 0 Å². The number of fused-ring (bicyclic) bond motifs is 3. The molecule has 0 bridgehead atoms. The van der Waals surface area contributed by atoms with E-state index in [0.717, 1.165) is 0 Å². The molecular formula is C32H25N. The Hall–Kier alpha value is -4.10. The van der Waals surface area contributed by atoms with E-state index in [1.54, 1.807) is 0 Å². The van der Waals surface area contributed by atoms with Gasteiger partial charge in [-0.05, 0) is 57.6 Å². The van der Waals surface area contributed by atoms with Crippen LogP contribution in [0.4, 0.5) is 11.4 Å². The van der Waals surface area contributed by atoms with Gasteiger partial charge in [0.1, 0.15) is 0 Å². The minimum atomic E-state index is -0.359. The Morgan fingerprint density at radius 3 is 1.61 bits per heavy atom. The number of rotatable bonds is 4. The van der Waals surface area contributed by atoms with Gasteiger partial charge in [-0.1, -0.05) is 109 Å². The summed E-state index contributed by atoms with van der Waals surface area (Å²) in [6.07, 6.45) is 0. The van der Waals surface area contributed by atoms with Gasteiger partial charge in [-0.15, -0.1) is 0 Å². The van der Waals surface area contributed by atoms with E-state index in [0.29, 0.717) is 0 Å². The van der Waals surface area contributed by atoms with Crippen LogP contribution in [0.25, 0.3) is 11.1 Å². The van der Waals surface area contributed by atoms with Gasteiger partial charge >= 0.3 is 0 Å². The third kappa shape index (κ3) is 2.93. The molecule has 0 heterocycles. The number of nitrogens with zero attached hydrogens (tertiary/aromatic N) is 1. The lowest BCUT2D eigenvalue weighted by atomic mass is 9.67. The minimum absolute atomic E-state index is 0.359. The molecular weight excluding hydrogens is 398 g/mol. The van der Waals surface area contributed by atoms with Crippen LogP contribution in [-0.4, -0.2) is 7.05 Å². The second kappa shape index (κ2) is 7.79. The Bertz CT molecular complexity index is 1370. The molecule has 6 rings (SSSR count). The Labute approximate surface area is 195 Å². The van der Waals surface area contributed by atoms with Crippen molar-refractivity contribution in [3.05, 3.63) is 156 Å². The summed E-state index contributed by atoms with van der Waals surface area (Å²) in [6, 6.07) is 48.3. The summed E-state index contributed by atoms with van der Waals surface area (Å²) in [5.41, 5.74) is 9.89. The zero-order valence-corrected chi connectivity index (χ0v) is 18.6. The summed E-state index contributed by atoms with van der Waals surface area (Å²) in [6.45, 7) is 0. The van der Waals surface area contributed by atoms with Gasteiger partial charge in [0.2, 0.25) is 0 Å². The molecule has 0 aliphatic heterocycles. The molecule has 1 aliphatic carbocycles. The second-order valence-electron chi connectivity index (χ2n) is 8.65. The van der Waals surface area contributed by atoms with Gasteiger partial charge in [-0.25, -0.2) is 0 Å². The molecule has 0 N–H and O–H groups in total. The van der Waals surface area contributed by atoms with Crippen LogP contribution >= 0.6 is 0 Å². The molecule has 0 saturated heterocycles. The van der Waals surface area contributed by atoms with E-state index >= 15 is 0 Å². The fraction of sp³-hybridized carbons (Fsp3) is 0.0625. The lowest BCUT2D eigenvalue weighted by Crippen LogP contribution is -2.28. The van der Waals surface area contributed by atoms with Crippen LogP contribution in [0, 0.1) is 0 Å². The van der Waals surface area contributed by atoms with E-state index in [-0.39, 0.29) is 5.41 Å². The number of hydrogen-bond donors (Lipinski definition) is 0. The lowest BCUT2D eigenvalue weighted by Gasteiger charge is -2.34. The maximum Gasteiger partial charge on any atom is 0.0714 e. The topological polar surface area (TPSA) is 3.24 Å². The molecule has 5 aromatic carbocycles. The van der Waals surface area contributed by atoms with E-state index in [1.807, 2.05) is 0 Å². The average Bonchev–Trinajstić information content (AvgIpc) is 3.20. The summed E-state index contributed by atoms with van der Waals surface area (Å²) in [7, 11) is 2.14. The zero-order valence-electron chi connectivity index (χ0n) is 18.6. The Morgan fingerprint density at radius 1 is 0.455 bits per heavy atom. The smallest absolute Gasteiger partial charge is 0.0714 e. The summed E-state index contributed by atoms with van der Waals surface area (Å²) in [5.74, 6) is 0. The third-order valence-corrected chi connectivity index (χ3v) is 6.97. The van der Waals surface area contributed by atoms with Crippen molar-refractivity contribution in [3.8, 4) is 11.1 Å². The van der Waals surface area contributed by atoms with Crippen molar-refractivity contribution in [2.24, 2.45) is 0 Å². The summed E-state index contributed by atoms with van der Waals surface area (Å²) >= 11 is 0. The molecule has 0 spiro atoms. The van der Waals surface area contributed by atoms with E-state index < -0.39 is 0 Å². The molecule has 0 aromatic heterocycles. The van der Waals surface area contributed by atoms with Gasteiger partial charge in [0.25, 0.3) is 0 Å². The molecule has 1 heteroatoms. The Balaban J connectivity index is 1.67. The number of hydrogen-bond acceptors (Lipinski definition) is 1. The molecule has 0 amide bonds. The molecule has 33 heavy (non-hydrogen) atoms.